The summed E-state index contributed by atoms with van der Waals surface area (Å²) in [5.74, 6) is 2.03. The molecule has 2 aromatic rings. The zero-order chi connectivity index (χ0) is 13.5. The van der Waals surface area contributed by atoms with Crippen molar-refractivity contribution in [2.75, 3.05) is 5.75 Å². The Bertz CT molecular complexity index is 473. The minimum absolute atomic E-state index is 0.809. The van der Waals surface area contributed by atoms with E-state index in [1.807, 2.05) is 11.8 Å². The van der Waals surface area contributed by atoms with E-state index in [-0.39, 0.29) is 0 Å². The zero-order valence-electron chi connectivity index (χ0n) is 11.8. The van der Waals surface area contributed by atoms with E-state index >= 15 is 0 Å². The number of thioether (sulfide) groups is 1. The molecular weight excluding hydrogens is 248 g/mol. The SMILES string of the molecule is CCCC(C)CSc1ccc(-c2ccccc2)cc1. The average molecular weight is 270 g/mol. The summed E-state index contributed by atoms with van der Waals surface area (Å²) >= 11 is 1.97. The van der Waals surface area contributed by atoms with Gasteiger partial charge in [0, 0.05) is 10.6 Å². The van der Waals surface area contributed by atoms with Crippen molar-refractivity contribution in [2.24, 2.45) is 5.92 Å². The summed E-state index contributed by atoms with van der Waals surface area (Å²) in [6, 6.07) is 19.5. The maximum absolute atomic E-state index is 2.34. The number of hydrogen-bond acceptors (Lipinski definition) is 1. The summed E-state index contributed by atoms with van der Waals surface area (Å²) in [5, 5.41) is 0. The Kier molecular flexibility index (Phi) is 5.53. The Morgan fingerprint density at radius 2 is 1.53 bits per heavy atom. The number of rotatable bonds is 6. The first-order valence-electron chi connectivity index (χ1n) is 7.08. The van der Waals surface area contributed by atoms with Crippen molar-refractivity contribution in [3.8, 4) is 11.1 Å². The Morgan fingerprint density at radius 3 is 2.16 bits per heavy atom. The van der Waals surface area contributed by atoms with Crippen LogP contribution in [0.15, 0.2) is 59.5 Å². The van der Waals surface area contributed by atoms with Crippen molar-refractivity contribution >= 4 is 11.8 Å². The fourth-order valence-corrected chi connectivity index (χ4v) is 3.16. The predicted molar refractivity (Wildman–Crippen MR) is 86.7 cm³/mol. The van der Waals surface area contributed by atoms with Crippen molar-refractivity contribution in [1.82, 2.24) is 0 Å². The van der Waals surface area contributed by atoms with Gasteiger partial charge in [0.15, 0.2) is 0 Å². The fraction of sp³-hybridized carbons (Fsp3) is 0.333. The third-order valence-electron chi connectivity index (χ3n) is 3.28. The molecule has 0 amide bonds. The zero-order valence-corrected chi connectivity index (χ0v) is 12.6. The Morgan fingerprint density at radius 1 is 0.895 bits per heavy atom. The van der Waals surface area contributed by atoms with Gasteiger partial charge in [0.05, 0.1) is 0 Å². The minimum atomic E-state index is 0.809. The van der Waals surface area contributed by atoms with E-state index in [1.54, 1.807) is 0 Å². The quantitative estimate of drug-likeness (QED) is 0.590. The van der Waals surface area contributed by atoms with E-state index in [2.05, 4.69) is 68.4 Å². The molecule has 0 nitrogen and oxygen atoms in total. The summed E-state index contributed by atoms with van der Waals surface area (Å²) in [7, 11) is 0. The van der Waals surface area contributed by atoms with Crippen LogP contribution in [0.5, 0.6) is 0 Å². The molecule has 0 bridgehead atoms. The largest absolute Gasteiger partial charge is 0.126 e. The van der Waals surface area contributed by atoms with Crippen molar-refractivity contribution < 1.29 is 0 Å². The van der Waals surface area contributed by atoms with Crippen LogP contribution < -0.4 is 0 Å². The van der Waals surface area contributed by atoms with E-state index in [0.29, 0.717) is 0 Å². The molecule has 0 aliphatic rings. The monoisotopic (exact) mass is 270 g/mol. The van der Waals surface area contributed by atoms with Crippen LogP contribution >= 0.6 is 11.8 Å². The standard InChI is InChI=1S/C18H22S/c1-3-7-15(2)14-19-18-12-10-17(11-13-18)16-8-5-4-6-9-16/h4-6,8-13,15H,3,7,14H2,1-2H3. The van der Waals surface area contributed by atoms with Gasteiger partial charge in [0.25, 0.3) is 0 Å². The first-order chi connectivity index (χ1) is 9.29. The van der Waals surface area contributed by atoms with E-state index < -0.39 is 0 Å². The molecule has 1 unspecified atom stereocenters. The van der Waals surface area contributed by atoms with Crippen LogP contribution in [0.2, 0.25) is 0 Å². The maximum Gasteiger partial charge on any atom is 0.00724 e. The van der Waals surface area contributed by atoms with Gasteiger partial charge in [-0.3, -0.25) is 0 Å². The molecule has 0 radical (unpaired) electrons. The lowest BCUT2D eigenvalue weighted by molar-refractivity contribution is 0.585. The van der Waals surface area contributed by atoms with Crippen LogP contribution in [0.25, 0.3) is 11.1 Å². The molecule has 0 aromatic heterocycles. The highest BCUT2D eigenvalue weighted by Crippen LogP contribution is 2.26. The van der Waals surface area contributed by atoms with Crippen LogP contribution in [0.1, 0.15) is 26.7 Å². The Hall–Kier alpha value is -1.21. The number of hydrogen-bond donors (Lipinski definition) is 0. The molecule has 2 rings (SSSR count). The molecule has 0 N–H and O–H groups in total. The summed E-state index contributed by atoms with van der Waals surface area (Å²) in [6.45, 7) is 4.60. The lowest BCUT2D eigenvalue weighted by atomic mass is 10.1. The average Bonchev–Trinajstić information content (AvgIpc) is 2.47. The van der Waals surface area contributed by atoms with E-state index in [1.165, 1.54) is 34.6 Å². The van der Waals surface area contributed by atoms with Gasteiger partial charge in [-0.25, -0.2) is 0 Å². The summed E-state index contributed by atoms with van der Waals surface area (Å²) in [5.41, 5.74) is 2.59. The van der Waals surface area contributed by atoms with Crippen molar-refractivity contribution in [3.63, 3.8) is 0 Å². The third-order valence-corrected chi connectivity index (χ3v) is 4.62. The summed E-state index contributed by atoms with van der Waals surface area (Å²) < 4.78 is 0. The molecule has 0 spiro atoms. The molecule has 19 heavy (non-hydrogen) atoms. The normalized spacial score (nSPS) is 12.3. The van der Waals surface area contributed by atoms with Gasteiger partial charge >= 0.3 is 0 Å². The molecule has 1 heteroatoms. The van der Waals surface area contributed by atoms with Crippen molar-refractivity contribution in [1.29, 1.82) is 0 Å². The third kappa shape index (κ3) is 4.43. The first-order valence-corrected chi connectivity index (χ1v) is 8.06. The minimum Gasteiger partial charge on any atom is -0.126 e. The van der Waals surface area contributed by atoms with Gasteiger partial charge in [0.1, 0.15) is 0 Å². The molecule has 2 aromatic carbocycles. The maximum atomic E-state index is 2.34. The van der Waals surface area contributed by atoms with E-state index in [4.69, 9.17) is 0 Å². The van der Waals surface area contributed by atoms with Gasteiger partial charge in [0.2, 0.25) is 0 Å². The second kappa shape index (κ2) is 7.40. The van der Waals surface area contributed by atoms with Crippen LogP contribution in [-0.4, -0.2) is 5.75 Å². The fourth-order valence-electron chi connectivity index (χ4n) is 2.19. The molecule has 1 atom stereocenters. The molecule has 0 fully saturated rings. The van der Waals surface area contributed by atoms with Crippen LogP contribution in [0, 0.1) is 5.92 Å². The van der Waals surface area contributed by atoms with Crippen LogP contribution in [0.4, 0.5) is 0 Å². The molecule has 100 valence electrons. The molecule has 0 aliphatic carbocycles. The lowest BCUT2D eigenvalue weighted by Crippen LogP contribution is -1.96. The Labute approximate surface area is 121 Å². The van der Waals surface area contributed by atoms with Gasteiger partial charge < -0.3 is 0 Å². The highest BCUT2D eigenvalue weighted by atomic mass is 32.2. The smallest absolute Gasteiger partial charge is 0.00724 e. The van der Waals surface area contributed by atoms with Gasteiger partial charge in [-0.1, -0.05) is 69.2 Å². The highest BCUT2D eigenvalue weighted by molar-refractivity contribution is 7.99. The first kappa shape index (κ1) is 14.2. The highest BCUT2D eigenvalue weighted by Gasteiger charge is 2.02. The van der Waals surface area contributed by atoms with E-state index in [9.17, 15) is 0 Å². The van der Waals surface area contributed by atoms with Gasteiger partial charge in [-0.2, -0.15) is 0 Å². The van der Waals surface area contributed by atoms with Crippen molar-refractivity contribution in [3.05, 3.63) is 54.6 Å². The number of benzene rings is 2. The van der Waals surface area contributed by atoms with Gasteiger partial charge in [-0.05, 0) is 29.2 Å². The second-order valence-corrected chi connectivity index (χ2v) is 6.19. The molecule has 0 aliphatic heterocycles. The molecule has 0 saturated carbocycles. The van der Waals surface area contributed by atoms with E-state index in [0.717, 1.165) is 5.92 Å². The van der Waals surface area contributed by atoms with Crippen LogP contribution in [0.3, 0.4) is 0 Å². The molecular formula is C18H22S. The summed E-state index contributed by atoms with van der Waals surface area (Å²) in [6.07, 6.45) is 2.61. The molecule has 0 heterocycles. The lowest BCUT2D eigenvalue weighted by Gasteiger charge is -2.09. The molecule has 0 saturated heterocycles. The van der Waals surface area contributed by atoms with Crippen LogP contribution in [-0.2, 0) is 0 Å². The second-order valence-electron chi connectivity index (χ2n) is 5.10. The topological polar surface area (TPSA) is 0 Å². The van der Waals surface area contributed by atoms with Crippen molar-refractivity contribution in [2.45, 2.75) is 31.6 Å². The predicted octanol–water partition coefficient (Wildman–Crippen LogP) is 5.88. The Balaban J connectivity index is 1.95. The summed E-state index contributed by atoms with van der Waals surface area (Å²) in [4.78, 5) is 1.38. The van der Waals surface area contributed by atoms with Gasteiger partial charge in [-0.15, -0.1) is 11.8 Å².